The van der Waals surface area contributed by atoms with Crippen molar-refractivity contribution in [2.24, 2.45) is 0 Å². The second kappa shape index (κ2) is 8.22. The molecule has 0 aliphatic carbocycles. The fourth-order valence-corrected chi connectivity index (χ4v) is 1.88. The molecule has 2 N–H and O–H groups in total. The largest absolute Gasteiger partial charge is 0.493 e. The number of amides is 1. The summed E-state index contributed by atoms with van der Waals surface area (Å²) in [6.45, 7) is 5.01. The van der Waals surface area contributed by atoms with Crippen molar-refractivity contribution < 1.29 is 14.3 Å². The van der Waals surface area contributed by atoms with Crippen LogP contribution in [0.1, 0.15) is 15.9 Å². The normalized spacial score (nSPS) is 9.95. The summed E-state index contributed by atoms with van der Waals surface area (Å²) in [5.74, 6) is 1.05. The second-order valence-electron chi connectivity index (χ2n) is 4.22. The fourth-order valence-electron chi connectivity index (χ4n) is 1.88. The van der Waals surface area contributed by atoms with Crippen molar-refractivity contribution in [1.82, 2.24) is 10.6 Å². The van der Waals surface area contributed by atoms with Gasteiger partial charge in [-0.05, 0) is 25.6 Å². The third kappa shape index (κ3) is 3.99. The Hall–Kier alpha value is -2.01. The van der Waals surface area contributed by atoms with Gasteiger partial charge in [-0.2, -0.15) is 0 Å². The number of ether oxygens (including phenoxy) is 2. The van der Waals surface area contributed by atoms with E-state index in [1.54, 1.807) is 32.4 Å². The summed E-state index contributed by atoms with van der Waals surface area (Å²) < 4.78 is 10.6. The molecular weight excluding hydrogens is 256 g/mol. The highest BCUT2D eigenvalue weighted by molar-refractivity contribution is 5.95. The van der Waals surface area contributed by atoms with Gasteiger partial charge in [-0.25, -0.2) is 0 Å². The minimum atomic E-state index is -0.133. The zero-order chi connectivity index (χ0) is 15.0. The standard InChI is InChI=1S/C15H22N2O3/c1-5-6-11-9-12(15(18)17-8-7-16-2)10-13(19-3)14(11)20-4/h5,9-10,16H,1,6-8H2,2-4H3,(H,17,18). The van der Waals surface area contributed by atoms with Crippen molar-refractivity contribution in [1.29, 1.82) is 0 Å². The summed E-state index contributed by atoms with van der Waals surface area (Å²) in [5.41, 5.74) is 1.43. The average molecular weight is 278 g/mol. The highest BCUT2D eigenvalue weighted by atomic mass is 16.5. The topological polar surface area (TPSA) is 59.6 Å². The van der Waals surface area contributed by atoms with Gasteiger partial charge in [0.25, 0.3) is 5.91 Å². The molecule has 20 heavy (non-hydrogen) atoms. The van der Waals surface area contributed by atoms with Gasteiger partial charge in [0.05, 0.1) is 14.2 Å². The number of hydrogen-bond acceptors (Lipinski definition) is 4. The Morgan fingerprint density at radius 3 is 2.60 bits per heavy atom. The first-order chi connectivity index (χ1) is 9.67. The molecule has 5 heteroatoms. The molecule has 0 aromatic heterocycles. The molecule has 0 saturated heterocycles. The van der Waals surface area contributed by atoms with Crippen LogP contribution in [0.2, 0.25) is 0 Å². The predicted molar refractivity (Wildman–Crippen MR) is 79.7 cm³/mol. The first-order valence-corrected chi connectivity index (χ1v) is 6.46. The van der Waals surface area contributed by atoms with Gasteiger partial charge in [-0.15, -0.1) is 6.58 Å². The second-order valence-corrected chi connectivity index (χ2v) is 4.22. The average Bonchev–Trinajstić information content (AvgIpc) is 2.46. The molecule has 1 amide bonds. The summed E-state index contributed by atoms with van der Waals surface area (Å²) in [7, 11) is 4.97. The molecule has 0 fully saturated rings. The highest BCUT2D eigenvalue weighted by Crippen LogP contribution is 2.33. The molecule has 0 bridgehead atoms. The van der Waals surface area contributed by atoms with E-state index in [1.165, 1.54) is 0 Å². The van der Waals surface area contributed by atoms with E-state index in [9.17, 15) is 4.79 Å². The molecule has 0 radical (unpaired) electrons. The third-order valence-corrected chi connectivity index (χ3v) is 2.84. The van der Waals surface area contributed by atoms with E-state index in [0.717, 1.165) is 12.1 Å². The zero-order valence-electron chi connectivity index (χ0n) is 12.3. The molecule has 1 aromatic carbocycles. The van der Waals surface area contributed by atoms with Crippen LogP contribution in [-0.2, 0) is 6.42 Å². The molecule has 1 rings (SSSR count). The summed E-state index contributed by atoms with van der Waals surface area (Å²) in [5, 5.41) is 5.81. The van der Waals surface area contributed by atoms with Crippen LogP contribution in [0, 0.1) is 0 Å². The van der Waals surface area contributed by atoms with Gasteiger partial charge < -0.3 is 20.1 Å². The van der Waals surface area contributed by atoms with Gasteiger partial charge >= 0.3 is 0 Å². The van der Waals surface area contributed by atoms with Gasteiger partial charge in [-0.1, -0.05) is 6.08 Å². The van der Waals surface area contributed by atoms with Crippen LogP contribution < -0.4 is 20.1 Å². The van der Waals surface area contributed by atoms with E-state index in [2.05, 4.69) is 17.2 Å². The van der Waals surface area contributed by atoms with Gasteiger partial charge in [0.15, 0.2) is 11.5 Å². The maximum absolute atomic E-state index is 12.1. The van der Waals surface area contributed by atoms with Crippen LogP contribution in [-0.4, -0.2) is 40.3 Å². The molecule has 0 spiro atoms. The highest BCUT2D eigenvalue weighted by Gasteiger charge is 2.15. The summed E-state index contributed by atoms with van der Waals surface area (Å²) >= 11 is 0. The number of likely N-dealkylation sites (N-methyl/N-ethyl adjacent to an activating group) is 1. The van der Waals surface area contributed by atoms with Crippen molar-refractivity contribution in [3.63, 3.8) is 0 Å². The van der Waals surface area contributed by atoms with Crippen LogP contribution in [0.4, 0.5) is 0 Å². The van der Waals surface area contributed by atoms with Gasteiger partial charge in [0.2, 0.25) is 0 Å². The van der Waals surface area contributed by atoms with Crippen molar-refractivity contribution >= 4 is 5.91 Å². The van der Waals surface area contributed by atoms with Crippen LogP contribution in [0.15, 0.2) is 24.8 Å². The summed E-state index contributed by atoms with van der Waals surface area (Å²) in [6, 6.07) is 3.48. The molecular formula is C15H22N2O3. The molecule has 0 atom stereocenters. The molecule has 1 aromatic rings. The van der Waals surface area contributed by atoms with Crippen molar-refractivity contribution in [2.45, 2.75) is 6.42 Å². The number of nitrogens with one attached hydrogen (secondary N) is 2. The van der Waals surface area contributed by atoms with Crippen LogP contribution >= 0.6 is 0 Å². The first kappa shape index (κ1) is 16.0. The van der Waals surface area contributed by atoms with Crippen molar-refractivity contribution in [3.8, 4) is 11.5 Å². The lowest BCUT2D eigenvalue weighted by molar-refractivity contribution is 0.0953. The molecule has 0 aliphatic heterocycles. The molecule has 0 unspecified atom stereocenters. The van der Waals surface area contributed by atoms with E-state index >= 15 is 0 Å². The predicted octanol–water partition coefficient (Wildman–Crippen LogP) is 1.38. The van der Waals surface area contributed by atoms with Crippen LogP contribution in [0.25, 0.3) is 0 Å². The number of methoxy groups -OCH3 is 2. The molecule has 5 nitrogen and oxygen atoms in total. The minimum absolute atomic E-state index is 0.133. The van der Waals surface area contributed by atoms with Gasteiger partial charge in [0.1, 0.15) is 0 Å². The zero-order valence-corrected chi connectivity index (χ0v) is 12.3. The third-order valence-electron chi connectivity index (χ3n) is 2.84. The molecule has 0 aliphatic rings. The Labute approximate surface area is 120 Å². The summed E-state index contributed by atoms with van der Waals surface area (Å²) in [6.07, 6.45) is 2.37. The van der Waals surface area contributed by atoms with Crippen LogP contribution in [0.3, 0.4) is 0 Å². The molecule has 0 saturated carbocycles. The lowest BCUT2D eigenvalue weighted by Crippen LogP contribution is -2.30. The van der Waals surface area contributed by atoms with Crippen LogP contribution in [0.5, 0.6) is 11.5 Å². The van der Waals surface area contributed by atoms with Gasteiger partial charge in [-0.3, -0.25) is 4.79 Å². The van der Waals surface area contributed by atoms with Crippen molar-refractivity contribution in [2.75, 3.05) is 34.4 Å². The van der Waals surface area contributed by atoms with E-state index in [1.807, 2.05) is 7.05 Å². The molecule has 110 valence electrons. The Kier molecular flexibility index (Phi) is 6.59. The number of carbonyl (C=O) groups is 1. The first-order valence-electron chi connectivity index (χ1n) is 6.46. The maximum Gasteiger partial charge on any atom is 0.251 e. The number of hydrogen-bond donors (Lipinski definition) is 2. The van der Waals surface area contributed by atoms with E-state index in [4.69, 9.17) is 9.47 Å². The lowest BCUT2D eigenvalue weighted by Gasteiger charge is -2.14. The Balaban J connectivity index is 3.04. The monoisotopic (exact) mass is 278 g/mol. The van der Waals surface area contributed by atoms with E-state index < -0.39 is 0 Å². The number of benzene rings is 1. The molecule has 0 heterocycles. The number of allylic oxidation sites excluding steroid dienone is 1. The fraction of sp³-hybridized carbons (Fsp3) is 0.400. The van der Waals surface area contributed by atoms with Gasteiger partial charge in [0, 0.05) is 24.2 Å². The lowest BCUT2D eigenvalue weighted by atomic mass is 10.0. The Bertz CT molecular complexity index is 472. The number of rotatable bonds is 8. The SMILES string of the molecule is C=CCc1cc(C(=O)NCCNC)cc(OC)c1OC. The Morgan fingerprint density at radius 2 is 2.05 bits per heavy atom. The smallest absolute Gasteiger partial charge is 0.251 e. The number of carbonyl (C=O) groups excluding carboxylic acids is 1. The van der Waals surface area contributed by atoms with E-state index in [0.29, 0.717) is 30.0 Å². The minimum Gasteiger partial charge on any atom is -0.493 e. The summed E-state index contributed by atoms with van der Waals surface area (Å²) in [4.78, 5) is 12.1. The van der Waals surface area contributed by atoms with Crippen molar-refractivity contribution in [3.05, 3.63) is 35.9 Å². The maximum atomic E-state index is 12.1. The Morgan fingerprint density at radius 1 is 1.30 bits per heavy atom. The van der Waals surface area contributed by atoms with E-state index in [-0.39, 0.29) is 5.91 Å². The quantitative estimate of drug-likeness (QED) is 0.557.